The molecule has 0 radical (unpaired) electrons. The number of imidazole rings is 1. The summed E-state index contributed by atoms with van der Waals surface area (Å²) in [6.07, 6.45) is -1.57. The van der Waals surface area contributed by atoms with Crippen molar-refractivity contribution in [1.29, 1.82) is 5.26 Å². The lowest BCUT2D eigenvalue weighted by Crippen LogP contribution is -2.39. The van der Waals surface area contributed by atoms with Crippen molar-refractivity contribution in [2.24, 2.45) is 12.5 Å². The lowest BCUT2D eigenvalue weighted by Gasteiger charge is -2.20. The third kappa shape index (κ3) is 5.07. The molecule has 0 bridgehead atoms. The standard InChI is InChI=1S/C24H25F3N6O2/c1-32(2)13-23(6-7-23)22(34)29-8-9-35-20-5-4-15(10-16(20)24(25,26)27)17-11-19-21(18(12-28)31-17)30-14-33(19)3/h4-5,10-11,14H,6-9,13H2,1-3H3,(H,29,34). The number of amides is 1. The van der Waals surface area contributed by atoms with Crippen LogP contribution in [0.3, 0.4) is 0 Å². The van der Waals surface area contributed by atoms with Gasteiger partial charge in [-0.15, -0.1) is 0 Å². The van der Waals surface area contributed by atoms with Crippen molar-refractivity contribution < 1.29 is 22.7 Å². The average molecular weight is 486 g/mol. The fraction of sp³-hybridized carbons (Fsp3) is 0.417. The Morgan fingerprint density at radius 2 is 2.06 bits per heavy atom. The van der Waals surface area contributed by atoms with Crippen LogP contribution in [0.1, 0.15) is 24.1 Å². The molecule has 1 fully saturated rings. The van der Waals surface area contributed by atoms with Crippen molar-refractivity contribution in [3.05, 3.63) is 41.9 Å². The van der Waals surface area contributed by atoms with Gasteiger partial charge >= 0.3 is 6.18 Å². The maximum absolute atomic E-state index is 13.8. The second-order valence-corrected chi connectivity index (χ2v) is 9.02. The molecular formula is C24H25F3N6O2. The molecule has 1 amide bonds. The van der Waals surface area contributed by atoms with E-state index in [1.54, 1.807) is 17.7 Å². The van der Waals surface area contributed by atoms with Crippen molar-refractivity contribution in [3.8, 4) is 23.1 Å². The zero-order valence-corrected chi connectivity index (χ0v) is 19.6. The third-order valence-electron chi connectivity index (χ3n) is 6.00. The van der Waals surface area contributed by atoms with Crippen LogP contribution < -0.4 is 10.1 Å². The van der Waals surface area contributed by atoms with Gasteiger partial charge in [0.2, 0.25) is 5.91 Å². The van der Waals surface area contributed by atoms with Gasteiger partial charge in [0.05, 0.1) is 35.1 Å². The van der Waals surface area contributed by atoms with E-state index in [4.69, 9.17) is 4.74 Å². The first-order valence-electron chi connectivity index (χ1n) is 11.0. The zero-order valence-electron chi connectivity index (χ0n) is 19.6. The Kier molecular flexibility index (Phi) is 6.42. The first-order valence-corrected chi connectivity index (χ1v) is 11.0. The van der Waals surface area contributed by atoms with E-state index in [1.807, 2.05) is 25.1 Å². The molecule has 1 aliphatic carbocycles. The number of hydrogen-bond donors (Lipinski definition) is 1. The lowest BCUT2D eigenvalue weighted by molar-refractivity contribution is -0.139. The number of nitriles is 1. The topological polar surface area (TPSA) is 96.1 Å². The SMILES string of the molecule is CN(C)CC1(C(=O)NCCOc2ccc(-c3cc4c(ncn4C)c(C#N)n3)cc2C(F)(F)F)CC1. The fourth-order valence-electron chi connectivity index (χ4n) is 4.12. The molecule has 184 valence electrons. The van der Waals surface area contributed by atoms with Crippen LogP contribution in [0.15, 0.2) is 30.6 Å². The quantitative estimate of drug-likeness (QED) is 0.491. The maximum atomic E-state index is 13.8. The number of fused-ring (bicyclic) bond motifs is 1. The summed E-state index contributed by atoms with van der Waals surface area (Å²) in [4.78, 5) is 22.7. The summed E-state index contributed by atoms with van der Waals surface area (Å²) >= 11 is 0. The van der Waals surface area contributed by atoms with Crippen molar-refractivity contribution in [1.82, 2.24) is 24.8 Å². The predicted molar refractivity (Wildman–Crippen MR) is 122 cm³/mol. The van der Waals surface area contributed by atoms with Crippen LogP contribution in [0, 0.1) is 16.7 Å². The van der Waals surface area contributed by atoms with E-state index in [0.717, 1.165) is 18.9 Å². The Labute approximate surface area is 200 Å². The number of aryl methyl sites for hydroxylation is 1. The van der Waals surface area contributed by atoms with Crippen molar-refractivity contribution in [2.45, 2.75) is 19.0 Å². The molecular weight excluding hydrogens is 461 g/mol. The molecule has 1 saturated carbocycles. The molecule has 11 heteroatoms. The Morgan fingerprint density at radius 1 is 1.31 bits per heavy atom. The van der Waals surface area contributed by atoms with Gasteiger partial charge in [0.25, 0.3) is 0 Å². The predicted octanol–water partition coefficient (Wildman–Crippen LogP) is 3.36. The second kappa shape index (κ2) is 9.19. The third-order valence-corrected chi connectivity index (χ3v) is 6.00. The summed E-state index contributed by atoms with van der Waals surface area (Å²) in [5, 5.41) is 12.2. The monoisotopic (exact) mass is 486 g/mol. The second-order valence-electron chi connectivity index (χ2n) is 9.02. The van der Waals surface area contributed by atoms with Gasteiger partial charge < -0.3 is 19.5 Å². The van der Waals surface area contributed by atoms with Crippen LogP contribution in [0.5, 0.6) is 5.75 Å². The Bertz CT molecular complexity index is 1310. The zero-order chi connectivity index (χ0) is 25.4. The number of carbonyl (C=O) groups is 1. The van der Waals surface area contributed by atoms with E-state index in [2.05, 4.69) is 15.3 Å². The van der Waals surface area contributed by atoms with Gasteiger partial charge in [0.15, 0.2) is 5.69 Å². The summed E-state index contributed by atoms with van der Waals surface area (Å²) in [6.45, 7) is 0.618. The summed E-state index contributed by atoms with van der Waals surface area (Å²) in [5.74, 6) is -0.446. The molecule has 4 rings (SSSR count). The molecule has 1 aliphatic rings. The number of nitrogens with zero attached hydrogens (tertiary/aromatic N) is 5. The van der Waals surface area contributed by atoms with E-state index in [-0.39, 0.29) is 41.8 Å². The first-order chi connectivity index (χ1) is 16.5. The van der Waals surface area contributed by atoms with Gasteiger partial charge in [-0.25, -0.2) is 9.97 Å². The normalized spacial score (nSPS) is 14.7. The van der Waals surface area contributed by atoms with E-state index < -0.39 is 17.2 Å². The molecule has 3 aromatic rings. The first kappa shape index (κ1) is 24.5. The van der Waals surface area contributed by atoms with Crippen LogP contribution in [-0.4, -0.2) is 59.1 Å². The fourth-order valence-corrected chi connectivity index (χ4v) is 4.12. The summed E-state index contributed by atoms with van der Waals surface area (Å²) in [6, 6.07) is 7.19. The van der Waals surface area contributed by atoms with Gasteiger partial charge in [0.1, 0.15) is 23.9 Å². The van der Waals surface area contributed by atoms with E-state index >= 15 is 0 Å². The molecule has 0 atom stereocenters. The Hall–Kier alpha value is -3.65. The van der Waals surface area contributed by atoms with Crippen LogP contribution in [0.2, 0.25) is 0 Å². The highest BCUT2D eigenvalue weighted by Gasteiger charge is 2.49. The maximum Gasteiger partial charge on any atom is 0.419 e. The lowest BCUT2D eigenvalue weighted by atomic mass is 10.1. The highest BCUT2D eigenvalue weighted by atomic mass is 19.4. The Morgan fingerprint density at radius 3 is 2.69 bits per heavy atom. The highest BCUT2D eigenvalue weighted by molar-refractivity contribution is 5.85. The summed E-state index contributed by atoms with van der Waals surface area (Å²) < 4.78 is 48.6. The molecule has 0 unspecified atom stereocenters. The molecule has 0 spiro atoms. The van der Waals surface area contributed by atoms with Gasteiger partial charge in [-0.1, -0.05) is 0 Å². The number of rotatable bonds is 8. The number of aromatic nitrogens is 3. The highest BCUT2D eigenvalue weighted by Crippen LogP contribution is 2.46. The van der Waals surface area contributed by atoms with Gasteiger partial charge in [-0.2, -0.15) is 18.4 Å². The minimum Gasteiger partial charge on any atom is -0.491 e. The molecule has 2 heterocycles. The number of benzene rings is 1. The van der Waals surface area contributed by atoms with Gasteiger partial charge in [-0.3, -0.25) is 4.79 Å². The van der Waals surface area contributed by atoms with Crippen molar-refractivity contribution in [3.63, 3.8) is 0 Å². The molecule has 8 nitrogen and oxygen atoms in total. The molecule has 35 heavy (non-hydrogen) atoms. The minimum absolute atomic E-state index is 0.0328. The largest absolute Gasteiger partial charge is 0.491 e. The number of halogens is 3. The summed E-state index contributed by atoms with van der Waals surface area (Å²) in [5.41, 5.74) is 0.0409. The van der Waals surface area contributed by atoms with Gasteiger partial charge in [-0.05, 0) is 51.2 Å². The molecule has 1 N–H and O–H groups in total. The summed E-state index contributed by atoms with van der Waals surface area (Å²) in [7, 11) is 5.51. The van der Waals surface area contributed by atoms with Crippen LogP contribution in [0.25, 0.3) is 22.3 Å². The molecule has 2 aromatic heterocycles. The molecule has 0 saturated heterocycles. The van der Waals surface area contributed by atoms with E-state index in [0.29, 0.717) is 17.6 Å². The van der Waals surface area contributed by atoms with E-state index in [1.165, 1.54) is 18.5 Å². The van der Waals surface area contributed by atoms with Crippen molar-refractivity contribution in [2.75, 3.05) is 33.8 Å². The molecule has 0 aliphatic heterocycles. The van der Waals surface area contributed by atoms with Crippen LogP contribution >= 0.6 is 0 Å². The van der Waals surface area contributed by atoms with Gasteiger partial charge in [0, 0.05) is 19.2 Å². The Balaban J connectivity index is 1.51. The number of ether oxygens (including phenoxy) is 1. The number of hydrogen-bond acceptors (Lipinski definition) is 6. The molecule has 1 aromatic carbocycles. The van der Waals surface area contributed by atoms with Crippen LogP contribution in [-0.2, 0) is 18.0 Å². The number of carbonyl (C=O) groups excluding carboxylic acids is 1. The van der Waals surface area contributed by atoms with Crippen molar-refractivity contribution >= 4 is 16.9 Å². The minimum atomic E-state index is -4.67. The van der Waals surface area contributed by atoms with Crippen LogP contribution in [0.4, 0.5) is 13.2 Å². The number of pyridine rings is 1. The average Bonchev–Trinajstić information content (AvgIpc) is 3.49. The number of alkyl halides is 3. The number of nitrogens with one attached hydrogen (secondary N) is 1. The smallest absolute Gasteiger partial charge is 0.419 e. The van der Waals surface area contributed by atoms with E-state index in [9.17, 15) is 23.2 Å².